The number of hydrogen-bond acceptors (Lipinski definition) is 3. The molecule has 0 aromatic heterocycles. The van der Waals surface area contributed by atoms with Crippen LogP contribution in [0.25, 0.3) is 0 Å². The summed E-state index contributed by atoms with van der Waals surface area (Å²) in [6.07, 6.45) is 9.30. The van der Waals surface area contributed by atoms with Crippen LogP contribution < -0.4 is 0 Å². The minimum atomic E-state index is -0.692. The maximum absolute atomic E-state index is 6.06. The Labute approximate surface area is 104 Å². The van der Waals surface area contributed by atoms with Crippen LogP contribution in [0.4, 0.5) is 0 Å². The van der Waals surface area contributed by atoms with Crippen LogP contribution in [0.3, 0.4) is 0 Å². The molecule has 98 valence electrons. The molecule has 0 aromatic rings. The van der Waals surface area contributed by atoms with Crippen LogP contribution in [0.15, 0.2) is 0 Å². The fourth-order valence-electron chi connectivity index (χ4n) is 3.46. The van der Waals surface area contributed by atoms with E-state index in [0.29, 0.717) is 24.2 Å². The van der Waals surface area contributed by atoms with Crippen LogP contribution in [-0.2, 0) is 14.2 Å². The number of rotatable bonds is 5. The first kappa shape index (κ1) is 11.9. The maximum Gasteiger partial charge on any atom is 0.286 e. The Hall–Kier alpha value is -0.120. The van der Waals surface area contributed by atoms with Gasteiger partial charge in [0.05, 0.1) is 18.3 Å². The zero-order chi connectivity index (χ0) is 11.9. The van der Waals surface area contributed by atoms with Crippen LogP contribution in [0, 0.1) is 5.92 Å². The van der Waals surface area contributed by atoms with Gasteiger partial charge in [-0.2, -0.15) is 0 Å². The van der Waals surface area contributed by atoms with Crippen LogP contribution in [0.1, 0.15) is 58.8 Å². The SMILES string of the molecule is CCCCCC(C)C12OC3CC(CC(C3)O1)O2. The molecule has 3 nitrogen and oxygen atoms in total. The van der Waals surface area contributed by atoms with Gasteiger partial charge in [-0.1, -0.05) is 33.1 Å². The van der Waals surface area contributed by atoms with E-state index in [4.69, 9.17) is 14.2 Å². The van der Waals surface area contributed by atoms with E-state index < -0.39 is 5.97 Å². The molecule has 0 N–H and O–H groups in total. The molecule has 3 heterocycles. The van der Waals surface area contributed by atoms with Gasteiger partial charge >= 0.3 is 0 Å². The second kappa shape index (κ2) is 4.52. The zero-order valence-corrected chi connectivity index (χ0v) is 11.0. The van der Waals surface area contributed by atoms with Gasteiger partial charge in [-0.15, -0.1) is 0 Å². The van der Waals surface area contributed by atoms with Crippen LogP contribution in [-0.4, -0.2) is 24.3 Å². The summed E-state index contributed by atoms with van der Waals surface area (Å²) in [6, 6.07) is 0. The lowest BCUT2D eigenvalue weighted by atomic mass is 9.87. The largest absolute Gasteiger partial charge is 0.324 e. The molecular weight excluding hydrogens is 216 g/mol. The molecular formula is C14H24O3. The van der Waals surface area contributed by atoms with Gasteiger partial charge in [0.2, 0.25) is 0 Å². The van der Waals surface area contributed by atoms with Crippen molar-refractivity contribution in [1.82, 2.24) is 0 Å². The van der Waals surface area contributed by atoms with Gasteiger partial charge in [0.1, 0.15) is 0 Å². The van der Waals surface area contributed by atoms with Crippen molar-refractivity contribution in [3.05, 3.63) is 0 Å². The maximum atomic E-state index is 6.06. The van der Waals surface area contributed by atoms with Crippen molar-refractivity contribution in [2.75, 3.05) is 0 Å². The Morgan fingerprint density at radius 1 is 1.00 bits per heavy atom. The highest BCUT2D eigenvalue weighted by Gasteiger charge is 2.57. The van der Waals surface area contributed by atoms with Crippen molar-refractivity contribution in [1.29, 1.82) is 0 Å². The van der Waals surface area contributed by atoms with Crippen LogP contribution in [0.2, 0.25) is 0 Å². The summed E-state index contributed by atoms with van der Waals surface area (Å²) in [5.74, 6) is -0.342. The Kier molecular flexibility index (Phi) is 3.18. The Morgan fingerprint density at radius 2 is 1.53 bits per heavy atom. The highest BCUT2D eigenvalue weighted by Crippen LogP contribution is 2.48. The summed E-state index contributed by atoms with van der Waals surface area (Å²) in [5, 5.41) is 0. The van der Waals surface area contributed by atoms with Gasteiger partial charge in [-0.25, -0.2) is 0 Å². The monoisotopic (exact) mass is 240 g/mol. The number of unbranched alkanes of at least 4 members (excludes halogenated alkanes) is 2. The van der Waals surface area contributed by atoms with E-state index in [-0.39, 0.29) is 0 Å². The molecule has 1 saturated carbocycles. The van der Waals surface area contributed by atoms with Crippen LogP contribution >= 0.6 is 0 Å². The van der Waals surface area contributed by atoms with Crippen molar-refractivity contribution in [2.45, 2.75) is 83.1 Å². The van der Waals surface area contributed by atoms with Gasteiger partial charge in [0, 0.05) is 25.2 Å². The van der Waals surface area contributed by atoms with Gasteiger partial charge in [-0.3, -0.25) is 0 Å². The average molecular weight is 240 g/mol. The van der Waals surface area contributed by atoms with E-state index in [1.165, 1.54) is 19.3 Å². The lowest BCUT2D eigenvalue weighted by Gasteiger charge is -2.57. The van der Waals surface area contributed by atoms with Gasteiger partial charge in [0.25, 0.3) is 5.97 Å². The van der Waals surface area contributed by atoms with Crippen molar-refractivity contribution in [3.63, 3.8) is 0 Å². The minimum Gasteiger partial charge on any atom is -0.324 e. The summed E-state index contributed by atoms with van der Waals surface area (Å²) in [6.45, 7) is 4.45. The third-order valence-corrected chi connectivity index (χ3v) is 4.41. The number of ether oxygens (including phenoxy) is 3. The molecule has 0 radical (unpaired) electrons. The molecule has 1 atom stereocenters. The molecule has 0 amide bonds. The second-order valence-corrected chi connectivity index (χ2v) is 5.93. The molecule has 1 aliphatic carbocycles. The zero-order valence-electron chi connectivity index (χ0n) is 11.0. The topological polar surface area (TPSA) is 27.7 Å². The van der Waals surface area contributed by atoms with E-state index in [2.05, 4.69) is 13.8 Å². The van der Waals surface area contributed by atoms with Crippen LogP contribution in [0.5, 0.6) is 0 Å². The fraction of sp³-hybridized carbons (Fsp3) is 1.00. The molecule has 3 heteroatoms. The lowest BCUT2D eigenvalue weighted by Crippen LogP contribution is -2.64. The first-order valence-corrected chi connectivity index (χ1v) is 7.25. The van der Waals surface area contributed by atoms with E-state index in [1.807, 2.05) is 0 Å². The van der Waals surface area contributed by atoms with Gasteiger partial charge in [0.15, 0.2) is 0 Å². The quantitative estimate of drug-likeness (QED) is 0.691. The van der Waals surface area contributed by atoms with Gasteiger partial charge < -0.3 is 14.2 Å². The predicted molar refractivity (Wildman–Crippen MR) is 64.5 cm³/mol. The van der Waals surface area contributed by atoms with Crippen molar-refractivity contribution < 1.29 is 14.2 Å². The summed E-state index contributed by atoms with van der Waals surface area (Å²) < 4.78 is 18.2. The molecule has 3 aliphatic heterocycles. The van der Waals surface area contributed by atoms with E-state index in [9.17, 15) is 0 Å². The Bertz CT molecular complexity index is 241. The molecule has 3 saturated heterocycles. The van der Waals surface area contributed by atoms with E-state index >= 15 is 0 Å². The first-order valence-electron chi connectivity index (χ1n) is 7.25. The van der Waals surface area contributed by atoms with E-state index in [0.717, 1.165) is 25.7 Å². The molecule has 4 aliphatic rings. The summed E-state index contributed by atoms with van der Waals surface area (Å²) in [4.78, 5) is 0. The normalized spacial score (nSPS) is 45.2. The standard InChI is InChI=1S/C14H24O3/c1-3-4-5-6-10(2)14-15-11-7-12(16-14)9-13(8-11)17-14/h10-13H,3-9H2,1-2H3. The molecule has 0 spiro atoms. The highest BCUT2D eigenvalue weighted by atomic mass is 16.9. The highest BCUT2D eigenvalue weighted by molar-refractivity contribution is 4.93. The summed E-state index contributed by atoms with van der Waals surface area (Å²) >= 11 is 0. The summed E-state index contributed by atoms with van der Waals surface area (Å²) in [7, 11) is 0. The fourth-order valence-corrected chi connectivity index (χ4v) is 3.46. The van der Waals surface area contributed by atoms with E-state index in [1.54, 1.807) is 0 Å². The third kappa shape index (κ3) is 2.13. The molecule has 4 rings (SSSR count). The Balaban J connectivity index is 1.64. The lowest BCUT2D eigenvalue weighted by molar-refractivity contribution is -0.509. The molecule has 4 bridgehead atoms. The van der Waals surface area contributed by atoms with Crippen molar-refractivity contribution in [3.8, 4) is 0 Å². The predicted octanol–water partition coefficient (Wildman–Crippen LogP) is 3.22. The third-order valence-electron chi connectivity index (χ3n) is 4.41. The Morgan fingerprint density at radius 3 is 2.00 bits per heavy atom. The smallest absolute Gasteiger partial charge is 0.286 e. The van der Waals surface area contributed by atoms with Crippen molar-refractivity contribution in [2.24, 2.45) is 5.92 Å². The molecule has 17 heavy (non-hydrogen) atoms. The molecule has 1 unspecified atom stereocenters. The first-order chi connectivity index (χ1) is 8.22. The molecule has 4 fully saturated rings. The second-order valence-electron chi connectivity index (χ2n) is 5.93. The van der Waals surface area contributed by atoms with Gasteiger partial charge in [-0.05, 0) is 6.42 Å². The average Bonchev–Trinajstić information content (AvgIpc) is 2.27. The number of hydrogen-bond donors (Lipinski definition) is 0. The molecule has 0 aromatic carbocycles. The summed E-state index contributed by atoms with van der Waals surface area (Å²) in [5.41, 5.74) is 0. The minimum absolute atomic E-state index is 0.349. The van der Waals surface area contributed by atoms with Crippen molar-refractivity contribution >= 4 is 0 Å².